The van der Waals surface area contributed by atoms with Crippen LogP contribution < -0.4 is 0 Å². The Morgan fingerprint density at radius 3 is 2.85 bits per heavy atom. The summed E-state index contributed by atoms with van der Waals surface area (Å²) in [4.78, 5) is 8.14. The molecule has 0 N–H and O–H groups in total. The van der Waals surface area contributed by atoms with Gasteiger partial charge in [0.1, 0.15) is 30.3 Å². The summed E-state index contributed by atoms with van der Waals surface area (Å²) in [5.41, 5.74) is 2.03. The van der Waals surface area contributed by atoms with Crippen molar-refractivity contribution in [3.05, 3.63) is 35.3 Å². The molecule has 2 aromatic heterocycles. The van der Waals surface area contributed by atoms with E-state index in [1.54, 1.807) is 13.0 Å². The fourth-order valence-corrected chi connectivity index (χ4v) is 1.78. The maximum atomic E-state index is 10.9. The van der Waals surface area contributed by atoms with Gasteiger partial charge in [0, 0.05) is 6.20 Å². The van der Waals surface area contributed by atoms with Gasteiger partial charge in [-0.2, -0.15) is 13.7 Å². The number of rotatable bonds is 4. The van der Waals surface area contributed by atoms with Gasteiger partial charge in [0.05, 0.1) is 11.8 Å². The van der Waals surface area contributed by atoms with Crippen molar-refractivity contribution in [2.45, 2.75) is 13.5 Å². The van der Waals surface area contributed by atoms with E-state index in [-0.39, 0.29) is 12.5 Å². The fourth-order valence-electron chi connectivity index (χ4n) is 1.45. The van der Waals surface area contributed by atoms with Crippen LogP contribution in [0, 0.1) is 18.3 Å². The standard InChI is InChI=1S/C12H11N3O4S/c1-8-3-11(14-5-9(8)4-13)12-15-10(6-18-12)7-19-20(2,16)17/h3,5-6H,7H2,1-2H3. The predicted octanol–water partition coefficient (Wildman–Crippen LogP) is 1.39. The first kappa shape index (κ1) is 14.2. The van der Waals surface area contributed by atoms with E-state index in [1.807, 2.05) is 6.07 Å². The number of aromatic nitrogens is 2. The highest BCUT2D eigenvalue weighted by molar-refractivity contribution is 7.85. The van der Waals surface area contributed by atoms with E-state index in [1.165, 1.54) is 12.5 Å². The zero-order valence-electron chi connectivity index (χ0n) is 10.8. The first-order valence-corrected chi connectivity index (χ1v) is 7.36. The largest absolute Gasteiger partial charge is 0.443 e. The van der Waals surface area contributed by atoms with E-state index in [0.29, 0.717) is 17.0 Å². The average molecular weight is 293 g/mol. The Labute approximate surface area is 116 Å². The van der Waals surface area contributed by atoms with Gasteiger partial charge in [0.2, 0.25) is 5.89 Å². The van der Waals surface area contributed by atoms with Crippen molar-refractivity contribution in [1.29, 1.82) is 5.26 Å². The lowest BCUT2D eigenvalue weighted by molar-refractivity contribution is 0.307. The lowest BCUT2D eigenvalue weighted by Gasteiger charge is -1.98. The molecule has 2 rings (SSSR count). The summed E-state index contributed by atoms with van der Waals surface area (Å²) in [5, 5.41) is 8.83. The van der Waals surface area contributed by atoms with Crippen LogP contribution in [-0.4, -0.2) is 24.6 Å². The van der Waals surface area contributed by atoms with E-state index in [4.69, 9.17) is 9.68 Å². The fraction of sp³-hybridized carbons (Fsp3) is 0.250. The molecule has 2 heterocycles. The molecule has 0 fully saturated rings. The molecule has 0 saturated heterocycles. The highest BCUT2D eigenvalue weighted by atomic mass is 32.2. The summed E-state index contributed by atoms with van der Waals surface area (Å²) in [6.07, 6.45) is 3.69. The Bertz CT molecular complexity index is 774. The monoisotopic (exact) mass is 293 g/mol. The number of aryl methyl sites for hydroxylation is 1. The van der Waals surface area contributed by atoms with Crippen LogP contribution >= 0.6 is 0 Å². The molecular formula is C12H11N3O4S. The van der Waals surface area contributed by atoms with Crippen molar-refractivity contribution in [1.82, 2.24) is 9.97 Å². The van der Waals surface area contributed by atoms with E-state index < -0.39 is 10.1 Å². The summed E-state index contributed by atoms with van der Waals surface area (Å²) < 4.78 is 31.6. The zero-order chi connectivity index (χ0) is 14.8. The van der Waals surface area contributed by atoms with Gasteiger partial charge in [-0.05, 0) is 18.6 Å². The van der Waals surface area contributed by atoms with Gasteiger partial charge in [0.25, 0.3) is 10.1 Å². The molecule has 0 bridgehead atoms. The molecule has 0 saturated carbocycles. The van der Waals surface area contributed by atoms with Crippen molar-refractivity contribution in [3.63, 3.8) is 0 Å². The Kier molecular flexibility index (Phi) is 3.83. The quantitative estimate of drug-likeness (QED) is 0.784. The Morgan fingerprint density at radius 1 is 1.50 bits per heavy atom. The molecule has 0 radical (unpaired) electrons. The third-order valence-corrected chi connectivity index (χ3v) is 2.97. The van der Waals surface area contributed by atoms with Gasteiger partial charge in [-0.1, -0.05) is 0 Å². The highest BCUT2D eigenvalue weighted by Crippen LogP contribution is 2.19. The van der Waals surface area contributed by atoms with Crippen molar-refractivity contribution >= 4 is 10.1 Å². The number of hydrogen-bond acceptors (Lipinski definition) is 7. The third kappa shape index (κ3) is 3.40. The summed E-state index contributed by atoms with van der Waals surface area (Å²) in [5.74, 6) is 0.240. The summed E-state index contributed by atoms with van der Waals surface area (Å²) >= 11 is 0. The van der Waals surface area contributed by atoms with Crippen LogP contribution in [0.5, 0.6) is 0 Å². The smallest absolute Gasteiger partial charge is 0.264 e. The molecule has 0 aliphatic heterocycles. The molecule has 2 aromatic rings. The zero-order valence-corrected chi connectivity index (χ0v) is 11.6. The number of nitrogens with zero attached hydrogens (tertiary/aromatic N) is 3. The molecule has 7 nitrogen and oxygen atoms in total. The van der Waals surface area contributed by atoms with Gasteiger partial charge in [-0.25, -0.2) is 9.97 Å². The van der Waals surface area contributed by atoms with Crippen LogP contribution in [0.25, 0.3) is 11.6 Å². The van der Waals surface area contributed by atoms with Crippen molar-refractivity contribution in [2.24, 2.45) is 0 Å². The first-order valence-electron chi connectivity index (χ1n) is 5.55. The van der Waals surface area contributed by atoms with Crippen molar-refractivity contribution < 1.29 is 17.0 Å². The molecule has 0 unspecified atom stereocenters. The third-order valence-electron chi connectivity index (χ3n) is 2.42. The normalized spacial score (nSPS) is 11.2. The summed E-state index contributed by atoms with van der Waals surface area (Å²) in [7, 11) is -3.53. The minimum absolute atomic E-state index is 0.197. The van der Waals surface area contributed by atoms with Crippen molar-refractivity contribution in [3.8, 4) is 17.7 Å². The number of oxazole rings is 1. The second-order valence-corrected chi connectivity index (χ2v) is 5.75. The molecule has 0 aliphatic carbocycles. The van der Waals surface area contributed by atoms with Gasteiger partial charge < -0.3 is 4.42 Å². The van der Waals surface area contributed by atoms with Gasteiger partial charge in [0.15, 0.2) is 0 Å². The van der Waals surface area contributed by atoms with Gasteiger partial charge in [-0.3, -0.25) is 4.18 Å². The summed E-state index contributed by atoms with van der Waals surface area (Å²) in [6, 6.07) is 3.69. The minimum atomic E-state index is -3.53. The Balaban J connectivity index is 2.21. The molecule has 0 amide bonds. The number of hydrogen-bond donors (Lipinski definition) is 0. The maximum absolute atomic E-state index is 10.9. The van der Waals surface area contributed by atoms with E-state index in [0.717, 1.165) is 11.8 Å². The molecule has 104 valence electrons. The second kappa shape index (κ2) is 5.40. The van der Waals surface area contributed by atoms with Crippen LogP contribution in [0.2, 0.25) is 0 Å². The summed E-state index contributed by atoms with van der Waals surface area (Å²) in [6.45, 7) is 1.58. The maximum Gasteiger partial charge on any atom is 0.264 e. The Hall–Kier alpha value is -2.24. The molecule has 0 spiro atoms. The van der Waals surface area contributed by atoms with Crippen LogP contribution in [0.1, 0.15) is 16.8 Å². The molecule has 0 atom stereocenters. The van der Waals surface area contributed by atoms with Crippen LogP contribution in [0.4, 0.5) is 0 Å². The van der Waals surface area contributed by atoms with Crippen LogP contribution in [0.3, 0.4) is 0 Å². The number of pyridine rings is 1. The number of nitriles is 1. The molecular weight excluding hydrogens is 282 g/mol. The topological polar surface area (TPSA) is 106 Å². The van der Waals surface area contributed by atoms with Gasteiger partial charge in [-0.15, -0.1) is 0 Å². The SMILES string of the molecule is Cc1cc(-c2nc(COS(C)(=O)=O)co2)ncc1C#N. The van der Waals surface area contributed by atoms with Crippen molar-refractivity contribution in [2.75, 3.05) is 6.26 Å². The average Bonchev–Trinajstić information content (AvgIpc) is 2.84. The molecule has 0 aromatic carbocycles. The Morgan fingerprint density at radius 2 is 2.25 bits per heavy atom. The minimum Gasteiger partial charge on any atom is -0.443 e. The molecule has 20 heavy (non-hydrogen) atoms. The van der Waals surface area contributed by atoms with E-state index in [9.17, 15) is 8.42 Å². The highest BCUT2D eigenvalue weighted by Gasteiger charge is 2.11. The molecule has 8 heteroatoms. The predicted molar refractivity (Wildman–Crippen MR) is 68.8 cm³/mol. The lowest BCUT2D eigenvalue weighted by Crippen LogP contribution is -2.02. The second-order valence-electron chi connectivity index (χ2n) is 4.11. The van der Waals surface area contributed by atoms with E-state index >= 15 is 0 Å². The van der Waals surface area contributed by atoms with Gasteiger partial charge >= 0.3 is 0 Å². The van der Waals surface area contributed by atoms with Crippen LogP contribution in [-0.2, 0) is 20.9 Å². The van der Waals surface area contributed by atoms with Crippen LogP contribution in [0.15, 0.2) is 22.9 Å². The first-order chi connectivity index (χ1) is 9.39. The molecule has 0 aliphatic rings. The lowest BCUT2D eigenvalue weighted by atomic mass is 10.1. The van der Waals surface area contributed by atoms with E-state index in [2.05, 4.69) is 14.2 Å².